The molecular weight excluding hydrogens is 104 g/mol. The summed E-state index contributed by atoms with van der Waals surface area (Å²) in [5, 5.41) is 8.61. The van der Waals surface area contributed by atoms with E-state index in [1.54, 1.807) is 6.92 Å². The Bertz CT molecular complexity index is 76.6. The number of aliphatic hydroxyl groups is 1. The molecular formula is C6H11O2. The monoisotopic (exact) mass is 115 g/mol. The summed E-state index contributed by atoms with van der Waals surface area (Å²) in [5.74, 6) is 0.0139. The van der Waals surface area contributed by atoms with Gasteiger partial charge in [0.25, 0.3) is 0 Å². The van der Waals surface area contributed by atoms with Gasteiger partial charge in [0.2, 0.25) is 0 Å². The first-order valence-electron chi connectivity index (χ1n) is 2.66. The van der Waals surface area contributed by atoms with Crippen molar-refractivity contribution in [2.24, 2.45) is 0 Å². The molecule has 0 aliphatic carbocycles. The van der Waals surface area contributed by atoms with Crippen molar-refractivity contribution in [3.8, 4) is 0 Å². The fraction of sp³-hybridized carbons (Fsp3) is 0.667. The second kappa shape index (κ2) is 3.61. The third-order valence-electron chi connectivity index (χ3n) is 0.802. The lowest BCUT2D eigenvalue weighted by Gasteiger charge is -1.98. The maximum Gasteiger partial charge on any atom is 0.135 e. The molecule has 0 amide bonds. The molecule has 0 fully saturated rings. The zero-order valence-electron chi connectivity index (χ0n) is 5.05. The average molecular weight is 115 g/mol. The second-order valence-electron chi connectivity index (χ2n) is 1.84. The van der Waals surface area contributed by atoms with Crippen LogP contribution in [0.2, 0.25) is 0 Å². The van der Waals surface area contributed by atoms with Crippen molar-refractivity contribution < 1.29 is 9.90 Å². The predicted octanol–water partition coefficient (Wildman–Crippen LogP) is 0.551. The molecule has 0 bridgehead atoms. The Morgan fingerprint density at radius 3 is 2.50 bits per heavy atom. The molecule has 0 heterocycles. The van der Waals surface area contributed by atoms with Gasteiger partial charge in [0.1, 0.15) is 5.78 Å². The molecule has 0 aromatic rings. The van der Waals surface area contributed by atoms with Crippen molar-refractivity contribution in [3.05, 3.63) is 6.92 Å². The van der Waals surface area contributed by atoms with E-state index in [1.807, 2.05) is 0 Å². The van der Waals surface area contributed by atoms with Gasteiger partial charge in [-0.25, -0.2) is 0 Å². The molecule has 1 unspecified atom stereocenters. The lowest BCUT2D eigenvalue weighted by atomic mass is 10.2. The summed E-state index contributed by atoms with van der Waals surface area (Å²) in [7, 11) is 0. The highest BCUT2D eigenvalue weighted by atomic mass is 16.3. The summed E-state index contributed by atoms with van der Waals surface area (Å²) in [6.45, 7) is 4.97. The van der Waals surface area contributed by atoms with E-state index < -0.39 is 6.10 Å². The van der Waals surface area contributed by atoms with Gasteiger partial charge < -0.3 is 5.11 Å². The minimum Gasteiger partial charge on any atom is -0.393 e. The maximum atomic E-state index is 10.4. The molecule has 0 aromatic carbocycles. The van der Waals surface area contributed by atoms with Crippen LogP contribution in [0.3, 0.4) is 0 Å². The van der Waals surface area contributed by atoms with Crippen LogP contribution >= 0.6 is 0 Å². The number of carbonyl (C=O) groups excluding carboxylic acids is 1. The summed E-state index contributed by atoms with van der Waals surface area (Å²) in [4.78, 5) is 10.4. The van der Waals surface area contributed by atoms with Crippen molar-refractivity contribution in [1.82, 2.24) is 0 Å². The minimum absolute atomic E-state index is 0.0139. The number of rotatable bonds is 3. The first-order chi connectivity index (χ1) is 3.66. The van der Waals surface area contributed by atoms with Gasteiger partial charge in [-0.2, -0.15) is 0 Å². The van der Waals surface area contributed by atoms with Gasteiger partial charge in [-0.15, -0.1) is 0 Å². The molecule has 2 nitrogen and oxygen atoms in total. The van der Waals surface area contributed by atoms with Gasteiger partial charge in [-0.3, -0.25) is 4.79 Å². The topological polar surface area (TPSA) is 37.3 Å². The molecule has 47 valence electrons. The highest BCUT2D eigenvalue weighted by Gasteiger charge is 2.01. The van der Waals surface area contributed by atoms with Crippen LogP contribution in [-0.2, 0) is 4.79 Å². The van der Waals surface area contributed by atoms with Crippen LogP contribution in [-0.4, -0.2) is 17.0 Å². The molecule has 0 aliphatic heterocycles. The van der Waals surface area contributed by atoms with Crippen LogP contribution in [0.1, 0.15) is 19.8 Å². The molecule has 1 atom stereocenters. The first kappa shape index (κ1) is 7.63. The number of hydrogen-bond acceptors (Lipinski definition) is 2. The molecule has 2 heteroatoms. The zero-order valence-corrected chi connectivity index (χ0v) is 5.05. The van der Waals surface area contributed by atoms with Gasteiger partial charge >= 0.3 is 0 Å². The lowest BCUT2D eigenvalue weighted by molar-refractivity contribution is -0.119. The molecule has 0 aliphatic rings. The average Bonchev–Trinajstić information content (AvgIpc) is 1.65. The van der Waals surface area contributed by atoms with Gasteiger partial charge in [-0.1, -0.05) is 0 Å². The van der Waals surface area contributed by atoms with Crippen LogP contribution in [0.5, 0.6) is 0 Å². The van der Waals surface area contributed by atoms with E-state index in [0.29, 0.717) is 0 Å². The van der Waals surface area contributed by atoms with Gasteiger partial charge in [0.15, 0.2) is 0 Å². The van der Waals surface area contributed by atoms with Crippen molar-refractivity contribution in [2.45, 2.75) is 25.9 Å². The van der Waals surface area contributed by atoms with E-state index >= 15 is 0 Å². The van der Waals surface area contributed by atoms with Gasteiger partial charge in [0, 0.05) is 12.8 Å². The van der Waals surface area contributed by atoms with E-state index in [-0.39, 0.29) is 18.6 Å². The Kier molecular flexibility index (Phi) is 3.44. The molecule has 1 radical (unpaired) electrons. The predicted molar refractivity (Wildman–Crippen MR) is 31.3 cm³/mol. The van der Waals surface area contributed by atoms with Crippen molar-refractivity contribution >= 4 is 5.78 Å². The zero-order chi connectivity index (χ0) is 6.57. The minimum atomic E-state index is -0.510. The summed E-state index contributed by atoms with van der Waals surface area (Å²) < 4.78 is 0. The smallest absolute Gasteiger partial charge is 0.135 e. The van der Waals surface area contributed by atoms with Gasteiger partial charge in [-0.05, 0) is 13.8 Å². The Hall–Kier alpha value is -0.370. The SMILES string of the molecule is [CH2]CC(=O)CC(C)O. The highest BCUT2D eigenvalue weighted by molar-refractivity contribution is 5.79. The molecule has 0 spiro atoms. The van der Waals surface area contributed by atoms with E-state index in [0.717, 1.165) is 0 Å². The van der Waals surface area contributed by atoms with Crippen LogP contribution in [0.15, 0.2) is 0 Å². The maximum absolute atomic E-state index is 10.4. The van der Waals surface area contributed by atoms with E-state index in [4.69, 9.17) is 5.11 Å². The van der Waals surface area contributed by atoms with E-state index in [2.05, 4.69) is 6.92 Å². The molecule has 0 aromatic heterocycles. The summed E-state index contributed by atoms with van der Waals surface area (Å²) in [6.07, 6.45) is 0.0123. The molecule has 0 rings (SSSR count). The van der Waals surface area contributed by atoms with Crippen molar-refractivity contribution in [3.63, 3.8) is 0 Å². The van der Waals surface area contributed by atoms with Crippen molar-refractivity contribution in [1.29, 1.82) is 0 Å². The third kappa shape index (κ3) is 3.81. The summed E-state index contributed by atoms with van der Waals surface area (Å²) in [6, 6.07) is 0. The molecule has 1 N–H and O–H groups in total. The second-order valence-corrected chi connectivity index (χ2v) is 1.84. The van der Waals surface area contributed by atoms with Crippen LogP contribution in [0, 0.1) is 6.92 Å². The van der Waals surface area contributed by atoms with Crippen molar-refractivity contribution in [2.75, 3.05) is 0 Å². The molecule has 8 heavy (non-hydrogen) atoms. The number of ketones is 1. The fourth-order valence-electron chi connectivity index (χ4n) is 0.432. The first-order valence-corrected chi connectivity index (χ1v) is 2.66. The number of hydrogen-bond donors (Lipinski definition) is 1. The fourth-order valence-corrected chi connectivity index (χ4v) is 0.432. The Labute approximate surface area is 49.5 Å². The number of aliphatic hydroxyl groups excluding tert-OH is 1. The number of Topliss-reactive ketones (excluding diaryl/α,β-unsaturated/α-hetero) is 1. The highest BCUT2D eigenvalue weighted by Crippen LogP contribution is 1.92. The van der Waals surface area contributed by atoms with Crippen LogP contribution in [0.25, 0.3) is 0 Å². The van der Waals surface area contributed by atoms with E-state index in [9.17, 15) is 4.79 Å². The Balaban J connectivity index is 3.25. The third-order valence-corrected chi connectivity index (χ3v) is 0.802. The largest absolute Gasteiger partial charge is 0.393 e. The Morgan fingerprint density at radius 1 is 1.88 bits per heavy atom. The van der Waals surface area contributed by atoms with Crippen LogP contribution in [0.4, 0.5) is 0 Å². The normalized spacial score (nSPS) is 13.4. The van der Waals surface area contributed by atoms with Gasteiger partial charge in [0.05, 0.1) is 6.10 Å². The van der Waals surface area contributed by atoms with E-state index in [1.165, 1.54) is 0 Å². The molecule has 0 saturated heterocycles. The lowest BCUT2D eigenvalue weighted by Crippen LogP contribution is -2.07. The Morgan fingerprint density at radius 2 is 2.38 bits per heavy atom. The quantitative estimate of drug-likeness (QED) is 0.583. The summed E-state index contributed by atoms with van der Waals surface area (Å²) >= 11 is 0. The standard InChI is InChI=1S/C6H11O2/c1-3-6(8)4-5(2)7/h5,7H,1,3-4H2,2H3. The number of carbonyl (C=O) groups is 1. The summed E-state index contributed by atoms with van der Waals surface area (Å²) in [5.41, 5.74) is 0. The van der Waals surface area contributed by atoms with Crippen LogP contribution < -0.4 is 0 Å². The molecule has 0 saturated carbocycles.